The predicted molar refractivity (Wildman–Crippen MR) is 75.5 cm³/mol. The molecule has 3 rings (SSSR count). The zero-order valence-electron chi connectivity index (χ0n) is 10.4. The summed E-state index contributed by atoms with van der Waals surface area (Å²) in [7, 11) is 0. The highest BCUT2D eigenvalue weighted by Gasteiger charge is 2.38. The quantitative estimate of drug-likeness (QED) is 0.486. The van der Waals surface area contributed by atoms with Crippen molar-refractivity contribution in [3.8, 4) is 0 Å². The van der Waals surface area contributed by atoms with Gasteiger partial charge in [0.2, 0.25) is 5.95 Å². The van der Waals surface area contributed by atoms with E-state index in [9.17, 15) is 0 Å². The predicted octanol–water partition coefficient (Wildman–Crippen LogP) is 1.31. The Bertz CT molecular complexity index is 571. The first-order valence-corrected chi connectivity index (χ1v) is 6.19. The van der Waals surface area contributed by atoms with E-state index in [2.05, 4.69) is 45.0 Å². The average molecular weight is 256 g/mol. The molecule has 2 aromatic rings. The molecule has 19 heavy (non-hydrogen) atoms. The lowest BCUT2D eigenvalue weighted by atomic mass is 10.1. The molecule has 6 nitrogen and oxygen atoms in total. The molecule has 2 atom stereocenters. The summed E-state index contributed by atoms with van der Waals surface area (Å²) in [4.78, 5) is 8.10. The summed E-state index contributed by atoms with van der Waals surface area (Å²) in [5.74, 6) is 7.27. The van der Waals surface area contributed by atoms with E-state index in [1.54, 1.807) is 6.07 Å². The number of rotatable bonds is 4. The fourth-order valence-electron chi connectivity index (χ4n) is 2.23. The largest absolute Gasteiger partial charge is 0.368 e. The van der Waals surface area contributed by atoms with Crippen LogP contribution in [0.5, 0.6) is 0 Å². The topological polar surface area (TPSA) is 102 Å². The van der Waals surface area contributed by atoms with Crippen LogP contribution >= 0.6 is 0 Å². The fourth-order valence-corrected chi connectivity index (χ4v) is 2.23. The van der Waals surface area contributed by atoms with E-state index in [1.807, 2.05) is 6.07 Å². The number of nitrogens with zero attached hydrogens (tertiary/aromatic N) is 2. The van der Waals surface area contributed by atoms with Gasteiger partial charge in [-0.2, -0.15) is 9.97 Å². The molecule has 98 valence electrons. The molecule has 1 saturated carbocycles. The molecule has 1 aliphatic carbocycles. The summed E-state index contributed by atoms with van der Waals surface area (Å²) in [6.45, 7) is 0. The number of aromatic nitrogens is 2. The first-order chi connectivity index (χ1) is 9.26. The van der Waals surface area contributed by atoms with Gasteiger partial charge in [-0.3, -0.25) is 0 Å². The fraction of sp³-hybridized carbons (Fsp3) is 0.231. The van der Waals surface area contributed by atoms with Gasteiger partial charge in [0.05, 0.1) is 0 Å². The normalized spacial score (nSPS) is 20.9. The second-order valence-electron chi connectivity index (χ2n) is 4.64. The van der Waals surface area contributed by atoms with E-state index in [-0.39, 0.29) is 5.95 Å². The van der Waals surface area contributed by atoms with Gasteiger partial charge in [-0.1, -0.05) is 30.3 Å². The van der Waals surface area contributed by atoms with E-state index in [0.717, 1.165) is 6.42 Å². The van der Waals surface area contributed by atoms with Crippen LogP contribution < -0.4 is 22.3 Å². The van der Waals surface area contributed by atoms with Crippen molar-refractivity contribution in [2.75, 3.05) is 16.5 Å². The molecule has 1 aromatic carbocycles. The van der Waals surface area contributed by atoms with Gasteiger partial charge in [0, 0.05) is 18.0 Å². The molecule has 0 bridgehead atoms. The lowest BCUT2D eigenvalue weighted by molar-refractivity contribution is 1.02. The molecule has 2 unspecified atom stereocenters. The van der Waals surface area contributed by atoms with Crippen molar-refractivity contribution in [2.45, 2.75) is 18.4 Å². The Morgan fingerprint density at radius 1 is 1.11 bits per heavy atom. The minimum atomic E-state index is 0.204. The number of anilines is 3. The van der Waals surface area contributed by atoms with E-state index < -0.39 is 0 Å². The van der Waals surface area contributed by atoms with Crippen LogP contribution in [0.1, 0.15) is 17.9 Å². The molecule has 1 heterocycles. The molecule has 0 saturated heterocycles. The Balaban J connectivity index is 1.69. The summed E-state index contributed by atoms with van der Waals surface area (Å²) in [6.07, 6.45) is 1.10. The second-order valence-corrected chi connectivity index (χ2v) is 4.64. The van der Waals surface area contributed by atoms with Crippen molar-refractivity contribution in [3.05, 3.63) is 42.0 Å². The van der Waals surface area contributed by atoms with Crippen molar-refractivity contribution >= 4 is 17.6 Å². The molecule has 6 heteroatoms. The van der Waals surface area contributed by atoms with Gasteiger partial charge in [-0.05, 0) is 12.0 Å². The van der Waals surface area contributed by atoms with Gasteiger partial charge in [-0.15, -0.1) is 0 Å². The molecule has 1 aliphatic rings. The highest BCUT2D eigenvalue weighted by molar-refractivity contribution is 5.52. The Morgan fingerprint density at radius 2 is 1.84 bits per heavy atom. The van der Waals surface area contributed by atoms with E-state index in [1.165, 1.54) is 5.56 Å². The van der Waals surface area contributed by atoms with Crippen molar-refractivity contribution in [3.63, 3.8) is 0 Å². The van der Waals surface area contributed by atoms with Crippen LogP contribution in [-0.2, 0) is 0 Å². The third-order valence-electron chi connectivity index (χ3n) is 3.24. The first kappa shape index (κ1) is 11.7. The van der Waals surface area contributed by atoms with Crippen molar-refractivity contribution in [2.24, 2.45) is 5.84 Å². The maximum absolute atomic E-state index is 5.62. The number of nitrogens with one attached hydrogen (secondary N) is 2. The summed E-state index contributed by atoms with van der Waals surface area (Å²) < 4.78 is 0. The Kier molecular flexibility index (Phi) is 2.92. The van der Waals surface area contributed by atoms with Crippen molar-refractivity contribution in [1.82, 2.24) is 9.97 Å². The standard InChI is InChI=1S/C13H16N6/c14-13-17-11(7-12(18-13)19-15)16-10-6-9(10)8-4-2-1-3-5-8/h1-5,7,9-10H,6,15H2,(H4,14,16,17,18,19). The van der Waals surface area contributed by atoms with Crippen LogP contribution in [0.25, 0.3) is 0 Å². The van der Waals surface area contributed by atoms with Crippen LogP contribution in [0.15, 0.2) is 36.4 Å². The molecule has 1 fully saturated rings. The molecule has 0 amide bonds. The monoisotopic (exact) mass is 256 g/mol. The minimum Gasteiger partial charge on any atom is -0.368 e. The van der Waals surface area contributed by atoms with Gasteiger partial charge < -0.3 is 16.5 Å². The van der Waals surface area contributed by atoms with E-state index >= 15 is 0 Å². The van der Waals surface area contributed by atoms with Crippen LogP contribution in [-0.4, -0.2) is 16.0 Å². The lowest BCUT2D eigenvalue weighted by Gasteiger charge is -2.07. The third-order valence-corrected chi connectivity index (χ3v) is 3.24. The number of nitrogens with two attached hydrogens (primary N) is 2. The van der Waals surface area contributed by atoms with Crippen molar-refractivity contribution in [1.29, 1.82) is 0 Å². The first-order valence-electron chi connectivity index (χ1n) is 6.19. The third kappa shape index (κ3) is 2.58. The number of hydrogen-bond donors (Lipinski definition) is 4. The average Bonchev–Trinajstić information content (AvgIpc) is 3.18. The molecule has 1 aromatic heterocycles. The second kappa shape index (κ2) is 4.74. The molecule has 0 aliphatic heterocycles. The number of nitrogen functional groups attached to an aromatic ring is 2. The maximum atomic E-state index is 5.62. The summed E-state index contributed by atoms with van der Waals surface area (Å²) in [5.41, 5.74) is 9.44. The molecule has 6 N–H and O–H groups in total. The van der Waals surface area contributed by atoms with Crippen LogP contribution in [0.3, 0.4) is 0 Å². The van der Waals surface area contributed by atoms with Gasteiger partial charge in [0.15, 0.2) is 0 Å². The van der Waals surface area contributed by atoms with Crippen LogP contribution in [0.4, 0.5) is 17.6 Å². The molecule has 0 radical (unpaired) electrons. The zero-order chi connectivity index (χ0) is 13.2. The molecular formula is C13H16N6. The van der Waals surface area contributed by atoms with E-state index in [0.29, 0.717) is 23.6 Å². The smallest absolute Gasteiger partial charge is 0.223 e. The van der Waals surface area contributed by atoms with Gasteiger partial charge >= 0.3 is 0 Å². The maximum Gasteiger partial charge on any atom is 0.223 e. The van der Waals surface area contributed by atoms with Crippen LogP contribution in [0, 0.1) is 0 Å². The number of benzene rings is 1. The van der Waals surface area contributed by atoms with E-state index in [4.69, 9.17) is 11.6 Å². The highest BCUT2D eigenvalue weighted by atomic mass is 15.3. The zero-order valence-corrected chi connectivity index (χ0v) is 10.4. The minimum absolute atomic E-state index is 0.204. The Labute approximate surface area is 111 Å². The van der Waals surface area contributed by atoms with Crippen molar-refractivity contribution < 1.29 is 0 Å². The highest BCUT2D eigenvalue weighted by Crippen LogP contribution is 2.42. The van der Waals surface area contributed by atoms with Gasteiger partial charge in [0.25, 0.3) is 0 Å². The Morgan fingerprint density at radius 3 is 2.58 bits per heavy atom. The number of hydrazine groups is 1. The number of hydrogen-bond acceptors (Lipinski definition) is 6. The van der Waals surface area contributed by atoms with Gasteiger partial charge in [-0.25, -0.2) is 5.84 Å². The SMILES string of the molecule is NNc1cc(NC2CC2c2ccccc2)nc(N)n1. The lowest BCUT2D eigenvalue weighted by Crippen LogP contribution is -2.13. The molecule has 0 spiro atoms. The summed E-state index contributed by atoms with van der Waals surface area (Å²) >= 11 is 0. The Hall–Kier alpha value is -2.34. The summed E-state index contributed by atoms with van der Waals surface area (Å²) in [6, 6.07) is 12.6. The van der Waals surface area contributed by atoms with Gasteiger partial charge in [0.1, 0.15) is 11.6 Å². The molecular weight excluding hydrogens is 240 g/mol. The van der Waals surface area contributed by atoms with Crippen LogP contribution in [0.2, 0.25) is 0 Å². The summed E-state index contributed by atoms with van der Waals surface area (Å²) in [5, 5.41) is 3.35.